The normalized spacial score (nSPS) is 9.00. The monoisotopic (exact) mass is 219 g/mol. The van der Waals surface area contributed by atoms with Crippen molar-refractivity contribution in [1.82, 2.24) is 4.89 Å². The minimum Gasteiger partial charge on any atom is -0.291 e. The Kier molecular flexibility index (Phi) is 7.00. The first kappa shape index (κ1) is 7.00. The Morgan fingerprint density at radius 1 is 2.00 bits per heavy atom. The van der Waals surface area contributed by atoms with Crippen molar-refractivity contribution in [3.63, 3.8) is 0 Å². The molecule has 6 heavy (non-hydrogen) atoms. The van der Waals surface area contributed by atoms with Crippen molar-refractivity contribution in [1.29, 1.82) is 0 Å². The van der Waals surface area contributed by atoms with Crippen LogP contribution in [0.1, 0.15) is 6.92 Å². The molecule has 0 atom stereocenters. The molecule has 0 spiro atoms. The van der Waals surface area contributed by atoms with Crippen molar-refractivity contribution in [3.05, 3.63) is 0 Å². The standard InChI is InChI=1S/C2H6INOS/c1-2-5-4-6-3/h4H,2H2,1H3. The summed E-state index contributed by atoms with van der Waals surface area (Å²) in [6, 6.07) is 0. The summed E-state index contributed by atoms with van der Waals surface area (Å²) in [6.07, 6.45) is 0. The lowest BCUT2D eigenvalue weighted by Gasteiger charge is -1.91. The molecule has 0 heterocycles. The quantitative estimate of drug-likeness (QED) is 0.336. The molecule has 0 aromatic carbocycles. The predicted molar refractivity (Wildman–Crippen MR) is 36.4 cm³/mol. The van der Waals surface area contributed by atoms with Crippen molar-refractivity contribution in [3.8, 4) is 0 Å². The molecule has 1 N–H and O–H groups in total. The Balaban J connectivity index is 2.34. The van der Waals surface area contributed by atoms with Crippen LogP contribution in [0.25, 0.3) is 0 Å². The second kappa shape index (κ2) is 6.00. The zero-order valence-electron chi connectivity index (χ0n) is 3.40. The van der Waals surface area contributed by atoms with Crippen LogP contribution in [0, 0.1) is 0 Å². The molecular formula is C2H6INOS. The fraction of sp³-hybridized carbons (Fsp3) is 1.00. The van der Waals surface area contributed by atoms with Crippen LogP contribution < -0.4 is 4.89 Å². The van der Waals surface area contributed by atoms with Gasteiger partial charge in [-0.25, -0.2) is 0 Å². The van der Waals surface area contributed by atoms with E-state index in [1.807, 2.05) is 6.92 Å². The number of hydrogen-bond donors (Lipinski definition) is 1. The lowest BCUT2D eigenvalue weighted by molar-refractivity contribution is 0.115. The van der Waals surface area contributed by atoms with E-state index in [2.05, 4.69) is 30.9 Å². The van der Waals surface area contributed by atoms with Crippen LogP contribution in [-0.4, -0.2) is 6.61 Å². The summed E-state index contributed by atoms with van der Waals surface area (Å²) in [7, 11) is 1.42. The SMILES string of the molecule is CCONSI. The van der Waals surface area contributed by atoms with E-state index in [4.69, 9.17) is 0 Å². The average molecular weight is 219 g/mol. The van der Waals surface area contributed by atoms with E-state index in [0.29, 0.717) is 0 Å². The van der Waals surface area contributed by atoms with Crippen LogP contribution in [0.3, 0.4) is 0 Å². The van der Waals surface area contributed by atoms with E-state index < -0.39 is 0 Å². The molecule has 2 nitrogen and oxygen atoms in total. The van der Waals surface area contributed by atoms with Gasteiger partial charge in [-0.15, -0.1) is 4.89 Å². The highest BCUT2D eigenvalue weighted by molar-refractivity contribution is 14.2. The molecule has 0 unspecified atom stereocenters. The van der Waals surface area contributed by atoms with Crippen LogP contribution in [0.5, 0.6) is 0 Å². The van der Waals surface area contributed by atoms with Crippen LogP contribution >= 0.6 is 30.3 Å². The summed E-state index contributed by atoms with van der Waals surface area (Å²) >= 11 is 2.09. The molecule has 0 aliphatic rings. The molecule has 0 saturated heterocycles. The van der Waals surface area contributed by atoms with Gasteiger partial charge in [0.15, 0.2) is 0 Å². The summed E-state index contributed by atoms with van der Waals surface area (Å²) in [6.45, 7) is 2.65. The van der Waals surface area contributed by atoms with Crippen molar-refractivity contribution < 1.29 is 4.84 Å². The van der Waals surface area contributed by atoms with Gasteiger partial charge in [0.1, 0.15) is 0 Å². The van der Waals surface area contributed by atoms with Gasteiger partial charge in [0.25, 0.3) is 0 Å². The van der Waals surface area contributed by atoms with Gasteiger partial charge in [0.05, 0.1) is 6.61 Å². The number of halogens is 1. The van der Waals surface area contributed by atoms with E-state index in [1.54, 1.807) is 0 Å². The highest BCUT2D eigenvalue weighted by atomic mass is 127. The first-order chi connectivity index (χ1) is 2.91. The maximum absolute atomic E-state index is 4.69. The molecule has 0 aliphatic carbocycles. The Labute approximate surface area is 53.7 Å². The zero-order valence-corrected chi connectivity index (χ0v) is 6.38. The summed E-state index contributed by atoms with van der Waals surface area (Å²) in [4.78, 5) is 7.29. The van der Waals surface area contributed by atoms with Gasteiger partial charge in [-0.3, -0.25) is 4.84 Å². The molecule has 0 aromatic heterocycles. The maximum atomic E-state index is 4.69. The molecule has 38 valence electrons. The first-order valence-electron chi connectivity index (χ1n) is 1.56. The van der Waals surface area contributed by atoms with Gasteiger partial charge in [-0.05, 0) is 6.92 Å². The Hall–Kier alpha value is 1.00. The lowest BCUT2D eigenvalue weighted by Crippen LogP contribution is -2.00. The third kappa shape index (κ3) is 5.00. The van der Waals surface area contributed by atoms with E-state index >= 15 is 0 Å². The second-order valence-corrected chi connectivity index (χ2v) is 2.24. The largest absolute Gasteiger partial charge is 0.291 e. The first-order valence-corrected chi connectivity index (χ1v) is 4.92. The Morgan fingerprint density at radius 2 is 2.67 bits per heavy atom. The molecule has 0 saturated carbocycles. The van der Waals surface area contributed by atoms with Crippen molar-refractivity contribution in [2.24, 2.45) is 0 Å². The minimum absolute atomic E-state index is 0.718. The summed E-state index contributed by atoms with van der Waals surface area (Å²) in [5.74, 6) is 0. The number of rotatable bonds is 3. The van der Waals surface area contributed by atoms with E-state index in [9.17, 15) is 0 Å². The van der Waals surface area contributed by atoms with Crippen LogP contribution in [-0.2, 0) is 4.84 Å². The van der Waals surface area contributed by atoms with Gasteiger partial charge in [0, 0.05) is 30.3 Å². The van der Waals surface area contributed by atoms with Crippen LogP contribution in [0.2, 0.25) is 0 Å². The fourth-order valence-electron chi connectivity index (χ4n) is 0.0812. The van der Waals surface area contributed by atoms with Crippen LogP contribution in [0.4, 0.5) is 0 Å². The number of hydrogen-bond acceptors (Lipinski definition) is 3. The Bertz CT molecular complexity index is 25.5. The highest BCUT2D eigenvalue weighted by Gasteiger charge is 1.71. The summed E-state index contributed by atoms with van der Waals surface area (Å²) < 4.78 is 0. The third-order valence-electron chi connectivity index (χ3n) is 0.235. The predicted octanol–water partition coefficient (Wildman–Crippen LogP) is 1.53. The lowest BCUT2D eigenvalue weighted by atomic mass is 10.9. The van der Waals surface area contributed by atoms with Gasteiger partial charge >= 0.3 is 0 Å². The van der Waals surface area contributed by atoms with Gasteiger partial charge in [-0.2, -0.15) is 0 Å². The summed E-state index contributed by atoms with van der Waals surface area (Å²) in [5.41, 5.74) is 0. The van der Waals surface area contributed by atoms with Gasteiger partial charge < -0.3 is 0 Å². The van der Waals surface area contributed by atoms with Crippen molar-refractivity contribution >= 4 is 30.3 Å². The minimum atomic E-state index is 0.718. The van der Waals surface area contributed by atoms with Crippen molar-refractivity contribution in [2.75, 3.05) is 6.61 Å². The number of nitrogens with one attached hydrogen (secondary N) is 1. The average Bonchev–Trinajstić information content (AvgIpc) is 1.61. The molecule has 0 bridgehead atoms. The van der Waals surface area contributed by atoms with Gasteiger partial charge in [0.2, 0.25) is 0 Å². The zero-order chi connectivity index (χ0) is 4.83. The van der Waals surface area contributed by atoms with E-state index in [-0.39, 0.29) is 0 Å². The fourth-order valence-corrected chi connectivity index (χ4v) is 0.625. The molecule has 0 rings (SSSR count). The smallest absolute Gasteiger partial charge is 0.0665 e. The van der Waals surface area contributed by atoms with Crippen LogP contribution in [0.15, 0.2) is 0 Å². The Morgan fingerprint density at radius 3 is 2.83 bits per heavy atom. The van der Waals surface area contributed by atoms with E-state index in [1.165, 1.54) is 9.12 Å². The maximum Gasteiger partial charge on any atom is 0.0665 e. The molecule has 4 heteroatoms. The molecular weight excluding hydrogens is 213 g/mol. The molecule has 0 amide bonds. The van der Waals surface area contributed by atoms with Crippen molar-refractivity contribution in [2.45, 2.75) is 6.92 Å². The molecule has 0 aliphatic heterocycles. The highest BCUT2D eigenvalue weighted by Crippen LogP contribution is 2.02. The summed E-state index contributed by atoms with van der Waals surface area (Å²) in [5, 5.41) is 0. The molecule has 0 fully saturated rings. The third-order valence-corrected chi connectivity index (χ3v) is 0.955. The molecule has 0 aromatic rings. The van der Waals surface area contributed by atoms with Gasteiger partial charge in [-0.1, -0.05) is 0 Å². The molecule has 0 radical (unpaired) electrons. The second-order valence-electron chi connectivity index (χ2n) is 0.593. The van der Waals surface area contributed by atoms with E-state index in [0.717, 1.165) is 6.61 Å². The topological polar surface area (TPSA) is 21.3 Å².